The minimum Gasteiger partial charge on any atom is -0.339 e. The molecule has 8 heteroatoms. The van der Waals surface area contributed by atoms with Crippen LogP contribution in [0.4, 0.5) is 4.39 Å². The van der Waals surface area contributed by atoms with Gasteiger partial charge in [-0.1, -0.05) is 126 Å². The third kappa shape index (κ3) is 5.34. The van der Waals surface area contributed by atoms with E-state index >= 15 is 0 Å². The van der Waals surface area contributed by atoms with Gasteiger partial charge in [0.15, 0.2) is 0 Å². The first kappa shape index (κ1) is 31.8. The number of aromatic nitrogens is 6. The Labute approximate surface area is 311 Å². The van der Waals surface area contributed by atoms with Gasteiger partial charge in [0.1, 0.15) is 28.4 Å². The number of halogens is 1. The molecular weight excluding hydrogens is 672 g/mol. The molecule has 2 unspecified atom stereocenters. The molecule has 5 aromatic carbocycles. The molecular formula is C46H33FN6O. The number of hydrogen-bond acceptors (Lipinski definition) is 5. The van der Waals surface area contributed by atoms with E-state index in [0.29, 0.717) is 23.3 Å². The Bertz CT molecular complexity index is 2610. The van der Waals surface area contributed by atoms with E-state index < -0.39 is 5.54 Å². The van der Waals surface area contributed by atoms with Gasteiger partial charge in [-0.05, 0) is 71.0 Å². The van der Waals surface area contributed by atoms with Crippen LogP contribution in [0.25, 0.3) is 39.5 Å². The Morgan fingerprint density at radius 1 is 0.630 bits per heavy atom. The van der Waals surface area contributed by atoms with Crippen molar-refractivity contribution in [3.63, 3.8) is 0 Å². The Kier molecular flexibility index (Phi) is 7.61. The summed E-state index contributed by atoms with van der Waals surface area (Å²) in [6.07, 6.45) is 6.91. The van der Waals surface area contributed by atoms with Gasteiger partial charge >= 0.3 is 0 Å². The minimum atomic E-state index is -0.845. The Morgan fingerprint density at radius 3 is 1.85 bits per heavy atom. The molecule has 1 saturated carbocycles. The number of nitrogens with zero attached hydrogens (tertiary/aromatic N) is 6. The van der Waals surface area contributed by atoms with Crippen LogP contribution in [0.5, 0.6) is 0 Å². The van der Waals surface area contributed by atoms with Crippen molar-refractivity contribution in [3.05, 3.63) is 210 Å². The van der Waals surface area contributed by atoms with E-state index in [-0.39, 0.29) is 11.7 Å². The summed E-state index contributed by atoms with van der Waals surface area (Å²) in [5.41, 5.74) is 8.33. The number of pyridine rings is 1. The summed E-state index contributed by atoms with van der Waals surface area (Å²) >= 11 is 0. The second-order valence-corrected chi connectivity index (χ2v) is 13.8. The van der Waals surface area contributed by atoms with E-state index in [1.54, 1.807) is 18.3 Å². The van der Waals surface area contributed by atoms with Gasteiger partial charge in [0, 0.05) is 35.0 Å². The number of imidazole rings is 1. The number of hydrogen-bond donors (Lipinski definition) is 0. The van der Waals surface area contributed by atoms with Crippen molar-refractivity contribution in [3.8, 4) is 33.9 Å². The summed E-state index contributed by atoms with van der Waals surface area (Å²) in [6.45, 7) is 0. The van der Waals surface area contributed by atoms with Crippen LogP contribution in [-0.2, 0) is 5.54 Å². The van der Waals surface area contributed by atoms with Gasteiger partial charge in [0.25, 0.3) is 0 Å². The molecule has 4 heterocycles. The first-order chi connectivity index (χ1) is 26.7. The molecule has 10 rings (SSSR count). The van der Waals surface area contributed by atoms with Crippen LogP contribution in [0.1, 0.15) is 46.4 Å². The molecule has 7 nitrogen and oxygen atoms in total. The fraction of sp³-hybridized carbons (Fsp3) is 0.0870. The highest BCUT2D eigenvalue weighted by atomic mass is 19.1. The van der Waals surface area contributed by atoms with E-state index in [1.807, 2.05) is 47.0 Å². The summed E-state index contributed by atoms with van der Waals surface area (Å²) in [6, 6.07) is 52.3. The average Bonchev–Trinajstić information content (AvgIpc) is 3.50. The van der Waals surface area contributed by atoms with Gasteiger partial charge in [-0.3, -0.25) is 9.08 Å². The molecule has 2 atom stereocenters. The Balaban J connectivity index is 1.14. The zero-order chi connectivity index (χ0) is 36.1. The van der Waals surface area contributed by atoms with E-state index in [2.05, 4.69) is 113 Å². The van der Waals surface area contributed by atoms with E-state index in [1.165, 1.54) is 17.7 Å². The largest absolute Gasteiger partial charge is 0.339 e. The highest BCUT2D eigenvalue weighted by molar-refractivity contribution is 5.81. The molecule has 260 valence electrons. The summed E-state index contributed by atoms with van der Waals surface area (Å²) < 4.78 is 24.2. The third-order valence-electron chi connectivity index (χ3n) is 10.6. The van der Waals surface area contributed by atoms with Crippen LogP contribution in [0.15, 0.2) is 181 Å². The highest BCUT2D eigenvalue weighted by Gasteiger charge is 2.44. The van der Waals surface area contributed by atoms with Crippen molar-refractivity contribution in [2.45, 2.75) is 23.8 Å². The van der Waals surface area contributed by atoms with Crippen LogP contribution >= 0.6 is 0 Å². The maximum Gasteiger partial charge on any atom is 0.230 e. The van der Waals surface area contributed by atoms with Gasteiger partial charge in [-0.25, -0.2) is 9.37 Å². The molecule has 4 aromatic heterocycles. The van der Waals surface area contributed by atoms with Gasteiger partial charge in [-0.2, -0.15) is 10.1 Å². The average molecular weight is 705 g/mol. The maximum atomic E-state index is 14.3. The van der Waals surface area contributed by atoms with Crippen molar-refractivity contribution >= 4 is 5.65 Å². The number of benzene rings is 5. The molecule has 0 amide bonds. The molecule has 54 heavy (non-hydrogen) atoms. The second kappa shape index (κ2) is 12.9. The topological polar surface area (TPSA) is 74.0 Å². The van der Waals surface area contributed by atoms with Gasteiger partial charge in [0.2, 0.25) is 11.7 Å². The fourth-order valence-corrected chi connectivity index (χ4v) is 7.84. The first-order valence-electron chi connectivity index (χ1n) is 18.1. The van der Waals surface area contributed by atoms with Crippen LogP contribution in [0, 0.1) is 5.82 Å². The van der Waals surface area contributed by atoms with Crippen molar-refractivity contribution in [2.75, 3.05) is 0 Å². The lowest BCUT2D eigenvalue weighted by Crippen LogP contribution is -2.38. The minimum absolute atomic E-state index is 0.201. The molecule has 0 saturated heterocycles. The standard InChI is InChI=1S/C46H33FN6O/c47-37-24-21-32(22-25-37)43-40(30-53(50-43)46(34-15-7-2-8-16-34,35-17-9-3-10-18-35)36-19-11-4-12-20-36)33-23-26-42-48-28-41(52(42)29-33)44-49-45(54-51-44)39-27-38(39)31-13-5-1-6-14-31/h1-26,28-30,38-39H,27H2. The molecule has 0 spiro atoms. The molecule has 0 bridgehead atoms. The summed E-state index contributed by atoms with van der Waals surface area (Å²) in [5, 5.41) is 9.84. The summed E-state index contributed by atoms with van der Waals surface area (Å²) in [5.74, 6) is 1.40. The van der Waals surface area contributed by atoms with Gasteiger partial charge < -0.3 is 4.52 Å². The van der Waals surface area contributed by atoms with Gasteiger partial charge in [0.05, 0.1) is 6.20 Å². The van der Waals surface area contributed by atoms with Gasteiger partial charge in [-0.15, -0.1) is 0 Å². The normalized spacial score (nSPS) is 15.4. The summed E-state index contributed by atoms with van der Waals surface area (Å²) in [7, 11) is 0. The van der Waals surface area contributed by atoms with Crippen LogP contribution in [-0.4, -0.2) is 29.3 Å². The SMILES string of the molecule is Fc1ccc(-c2nn(C(c3ccccc3)(c3ccccc3)c3ccccc3)cc2-c2ccc3ncc(-c4noc(C5CC5c5ccccc5)n4)n3c2)cc1. The van der Waals surface area contributed by atoms with Crippen molar-refractivity contribution < 1.29 is 8.91 Å². The Hall–Kier alpha value is -6.93. The maximum absolute atomic E-state index is 14.3. The lowest BCUT2D eigenvalue weighted by molar-refractivity contribution is 0.378. The monoisotopic (exact) mass is 704 g/mol. The number of rotatable bonds is 9. The smallest absolute Gasteiger partial charge is 0.230 e. The fourth-order valence-electron chi connectivity index (χ4n) is 7.84. The van der Waals surface area contributed by atoms with Crippen molar-refractivity contribution in [1.29, 1.82) is 0 Å². The second-order valence-electron chi connectivity index (χ2n) is 13.8. The lowest BCUT2D eigenvalue weighted by atomic mass is 9.77. The molecule has 1 aliphatic rings. The summed E-state index contributed by atoms with van der Waals surface area (Å²) in [4.78, 5) is 9.56. The predicted octanol–water partition coefficient (Wildman–Crippen LogP) is 10.2. The zero-order valence-corrected chi connectivity index (χ0v) is 29.1. The predicted molar refractivity (Wildman–Crippen MR) is 206 cm³/mol. The Morgan fingerprint density at radius 2 is 1.22 bits per heavy atom. The van der Waals surface area contributed by atoms with E-state index in [4.69, 9.17) is 19.6 Å². The highest BCUT2D eigenvalue weighted by Crippen LogP contribution is 2.54. The third-order valence-corrected chi connectivity index (χ3v) is 10.6. The molecule has 9 aromatic rings. The van der Waals surface area contributed by atoms with Crippen LogP contribution in [0.3, 0.4) is 0 Å². The van der Waals surface area contributed by atoms with Crippen LogP contribution in [0.2, 0.25) is 0 Å². The lowest BCUT2D eigenvalue weighted by Gasteiger charge is -2.36. The van der Waals surface area contributed by atoms with Crippen molar-refractivity contribution in [1.82, 2.24) is 29.3 Å². The molecule has 1 aliphatic carbocycles. The molecule has 0 aliphatic heterocycles. The molecule has 0 radical (unpaired) electrons. The van der Waals surface area contributed by atoms with Crippen molar-refractivity contribution in [2.24, 2.45) is 0 Å². The first-order valence-corrected chi connectivity index (χ1v) is 18.1. The van der Waals surface area contributed by atoms with Crippen LogP contribution < -0.4 is 0 Å². The molecule has 0 N–H and O–H groups in total. The van der Waals surface area contributed by atoms with E-state index in [9.17, 15) is 4.39 Å². The quantitative estimate of drug-likeness (QED) is 0.140. The molecule has 1 fully saturated rings. The number of fused-ring (bicyclic) bond motifs is 1. The van der Waals surface area contributed by atoms with E-state index in [0.717, 1.165) is 51.1 Å². The zero-order valence-electron chi connectivity index (χ0n) is 29.1.